The van der Waals surface area contributed by atoms with Gasteiger partial charge in [-0.1, -0.05) is 23.7 Å². The lowest BCUT2D eigenvalue weighted by Crippen LogP contribution is -2.14. The van der Waals surface area contributed by atoms with E-state index in [-0.39, 0.29) is 49.6 Å². The Kier molecular flexibility index (Phi) is 4.97. The zero-order valence-corrected chi connectivity index (χ0v) is 18.6. The number of anilines is 1. The molecule has 4 N–H and O–H groups in total. The highest BCUT2D eigenvalue weighted by Gasteiger charge is 2.25. The van der Waals surface area contributed by atoms with Gasteiger partial charge in [0.2, 0.25) is 11.3 Å². The number of sulfonamides is 1. The number of benzene rings is 2. The van der Waals surface area contributed by atoms with Gasteiger partial charge >= 0.3 is 0 Å². The number of hydrogen-bond acceptors (Lipinski definition) is 8. The summed E-state index contributed by atoms with van der Waals surface area (Å²) in [7, 11) is -4.22. The van der Waals surface area contributed by atoms with Crippen molar-refractivity contribution in [1.82, 2.24) is 15.2 Å². The van der Waals surface area contributed by atoms with Crippen LogP contribution in [0.5, 0.6) is 5.75 Å². The van der Waals surface area contributed by atoms with Crippen LogP contribution in [0.1, 0.15) is 5.56 Å². The molecule has 168 valence electrons. The van der Waals surface area contributed by atoms with Crippen LogP contribution in [0.4, 0.5) is 5.82 Å². The monoisotopic (exact) mass is 492 g/mol. The van der Waals surface area contributed by atoms with Gasteiger partial charge in [-0.2, -0.15) is 5.26 Å². The Hall–Kier alpha value is -4.40. The molecule has 34 heavy (non-hydrogen) atoms. The number of aromatic nitrogens is 3. The number of aromatic hydroxyl groups is 1. The van der Waals surface area contributed by atoms with Crippen LogP contribution < -0.4 is 10.3 Å². The van der Waals surface area contributed by atoms with Gasteiger partial charge < -0.3 is 9.52 Å². The van der Waals surface area contributed by atoms with Crippen molar-refractivity contribution in [3.05, 3.63) is 70.9 Å². The molecule has 12 heteroatoms. The van der Waals surface area contributed by atoms with E-state index in [9.17, 15) is 18.8 Å². The van der Waals surface area contributed by atoms with Gasteiger partial charge in [-0.3, -0.25) is 20.2 Å². The smallest absolute Gasteiger partial charge is 0.263 e. The zero-order valence-electron chi connectivity index (χ0n) is 17.0. The van der Waals surface area contributed by atoms with Crippen LogP contribution in [-0.4, -0.2) is 28.7 Å². The second-order valence-electron chi connectivity index (χ2n) is 7.17. The van der Waals surface area contributed by atoms with Gasteiger partial charge in [0.25, 0.3) is 10.0 Å². The van der Waals surface area contributed by atoms with E-state index in [2.05, 4.69) is 19.9 Å². The summed E-state index contributed by atoms with van der Waals surface area (Å²) in [6.45, 7) is 0. The number of pyridine rings is 1. The number of hydrogen-bond donors (Lipinski definition) is 4. The number of nitrogens with zero attached hydrogens (tertiary/aromatic N) is 3. The summed E-state index contributed by atoms with van der Waals surface area (Å²) in [5, 5.41) is 35.3. The zero-order chi connectivity index (χ0) is 24.0. The number of fused-ring (bicyclic) bond motifs is 2. The number of phenols is 1. The van der Waals surface area contributed by atoms with E-state index in [4.69, 9.17) is 21.4 Å². The maximum Gasteiger partial charge on any atom is 0.263 e. The van der Waals surface area contributed by atoms with Gasteiger partial charge in [0.1, 0.15) is 28.7 Å². The van der Waals surface area contributed by atoms with Crippen LogP contribution in [0.25, 0.3) is 33.1 Å². The van der Waals surface area contributed by atoms with Crippen LogP contribution in [0.3, 0.4) is 0 Å². The lowest BCUT2D eigenvalue weighted by molar-refractivity contribution is 0.480. The first kappa shape index (κ1) is 21.4. The third kappa shape index (κ3) is 3.42. The predicted octanol–water partition coefficient (Wildman–Crippen LogP) is 3.88. The molecule has 3 heterocycles. The molecule has 0 aliphatic rings. The topological polar surface area (TPSA) is 169 Å². The number of H-pyrrole nitrogens is 1. The highest BCUT2D eigenvalue weighted by molar-refractivity contribution is 7.93. The first-order valence-electron chi connectivity index (χ1n) is 9.65. The summed E-state index contributed by atoms with van der Waals surface area (Å²) in [4.78, 5) is 3.92. The maximum absolute atomic E-state index is 13.4. The predicted molar refractivity (Wildman–Crippen MR) is 124 cm³/mol. The number of halogens is 1. The Morgan fingerprint density at radius 1 is 1.18 bits per heavy atom. The molecule has 0 spiro atoms. The van der Waals surface area contributed by atoms with Gasteiger partial charge in [-0.05, 0) is 42.0 Å². The SMILES string of the molecule is N#Cc1c(-c2ccc(Cl)cc2)c2c(NS(=O)(=O)c3ccc(O)c4ncccc34)[nH]nc2oc1=N. The molecule has 10 nitrogen and oxygen atoms in total. The van der Waals surface area contributed by atoms with E-state index >= 15 is 0 Å². The van der Waals surface area contributed by atoms with Crippen LogP contribution >= 0.6 is 11.6 Å². The van der Waals surface area contributed by atoms with Gasteiger partial charge in [0.15, 0.2) is 0 Å². The third-order valence-electron chi connectivity index (χ3n) is 5.14. The van der Waals surface area contributed by atoms with Gasteiger partial charge in [0.05, 0.1) is 10.3 Å². The number of nitrogens with one attached hydrogen (secondary N) is 3. The van der Waals surface area contributed by atoms with Crippen molar-refractivity contribution >= 4 is 49.4 Å². The average Bonchev–Trinajstić information content (AvgIpc) is 3.20. The minimum absolute atomic E-state index is 0.0645. The van der Waals surface area contributed by atoms with E-state index in [0.29, 0.717) is 10.6 Å². The highest BCUT2D eigenvalue weighted by Crippen LogP contribution is 2.36. The molecule has 0 bridgehead atoms. The summed E-state index contributed by atoms with van der Waals surface area (Å²) in [5.74, 6) is -0.225. The van der Waals surface area contributed by atoms with Crippen molar-refractivity contribution in [2.75, 3.05) is 4.72 Å². The fourth-order valence-electron chi connectivity index (χ4n) is 3.66. The molecule has 5 rings (SSSR count). The summed E-state index contributed by atoms with van der Waals surface area (Å²) in [6, 6.07) is 14.0. The van der Waals surface area contributed by atoms with Crippen LogP contribution in [0.15, 0.2) is 64.0 Å². The Bertz CT molecular complexity index is 1800. The molecule has 3 aromatic heterocycles. The first-order valence-corrected chi connectivity index (χ1v) is 11.5. The molecule has 5 aromatic rings. The van der Waals surface area contributed by atoms with Crippen molar-refractivity contribution in [2.24, 2.45) is 0 Å². The maximum atomic E-state index is 13.4. The van der Waals surface area contributed by atoms with E-state index in [0.717, 1.165) is 0 Å². The number of rotatable bonds is 4. The van der Waals surface area contributed by atoms with Crippen molar-refractivity contribution in [1.29, 1.82) is 10.7 Å². The Morgan fingerprint density at radius 2 is 1.94 bits per heavy atom. The molecule has 0 atom stereocenters. The number of phenolic OH excluding ortho intramolecular Hbond substituents is 1. The molecule has 0 fully saturated rings. The van der Waals surface area contributed by atoms with Crippen molar-refractivity contribution in [3.8, 4) is 22.9 Å². The van der Waals surface area contributed by atoms with Crippen molar-refractivity contribution in [2.45, 2.75) is 4.90 Å². The number of nitriles is 1. The molecule has 0 amide bonds. The normalized spacial score (nSPS) is 11.5. The lowest BCUT2D eigenvalue weighted by Gasteiger charge is -2.12. The second-order valence-corrected chi connectivity index (χ2v) is 9.25. The summed E-state index contributed by atoms with van der Waals surface area (Å²) in [5.41, 5.74) is 0.309. The standard InChI is InChI=1S/C22H13ClN6O4S/c23-12-5-3-11(4-6-12)17-14(10-24)20(25)33-22-18(17)21(27-28-22)29-34(31,32)16-8-7-15(30)19-13(16)2-1-9-26-19/h1-9,25,30H,(H2,27,28,29). The molecule has 0 aliphatic carbocycles. The summed E-state index contributed by atoms with van der Waals surface area (Å²) >= 11 is 5.99. The Morgan fingerprint density at radius 3 is 2.68 bits per heavy atom. The van der Waals surface area contributed by atoms with Gasteiger partial charge in [-0.25, -0.2) is 8.42 Å². The highest BCUT2D eigenvalue weighted by atomic mass is 35.5. The van der Waals surface area contributed by atoms with E-state index in [1.807, 2.05) is 6.07 Å². The lowest BCUT2D eigenvalue weighted by atomic mass is 9.99. The average molecular weight is 493 g/mol. The third-order valence-corrected chi connectivity index (χ3v) is 6.80. The van der Waals surface area contributed by atoms with Crippen LogP contribution in [0, 0.1) is 16.7 Å². The number of aromatic amines is 1. The van der Waals surface area contributed by atoms with Gasteiger partial charge in [-0.15, -0.1) is 5.10 Å². The fourth-order valence-corrected chi connectivity index (χ4v) is 5.01. The fraction of sp³-hybridized carbons (Fsp3) is 0. The van der Waals surface area contributed by atoms with E-state index < -0.39 is 15.6 Å². The molecule has 2 aromatic carbocycles. The summed E-state index contributed by atoms with van der Waals surface area (Å²) in [6.07, 6.45) is 1.44. The largest absolute Gasteiger partial charge is 0.506 e. The molecule has 0 saturated carbocycles. The minimum atomic E-state index is -4.22. The Balaban J connectivity index is 1.74. The van der Waals surface area contributed by atoms with Crippen molar-refractivity contribution in [3.63, 3.8) is 0 Å². The van der Waals surface area contributed by atoms with E-state index in [1.165, 1.54) is 24.4 Å². The Labute approximate surface area is 196 Å². The van der Waals surface area contributed by atoms with Crippen molar-refractivity contribution < 1.29 is 17.9 Å². The van der Waals surface area contributed by atoms with Crippen LogP contribution in [0.2, 0.25) is 5.02 Å². The molecular formula is C22H13ClN6O4S. The molecular weight excluding hydrogens is 480 g/mol. The quantitative estimate of drug-likeness (QED) is 0.295. The molecule has 0 unspecified atom stereocenters. The van der Waals surface area contributed by atoms with Crippen LogP contribution in [-0.2, 0) is 10.0 Å². The molecule has 0 radical (unpaired) electrons. The molecule has 0 saturated heterocycles. The molecule has 0 aliphatic heterocycles. The summed E-state index contributed by atoms with van der Waals surface area (Å²) < 4.78 is 34.5. The second kappa shape index (κ2) is 7.87. The van der Waals surface area contributed by atoms with Gasteiger partial charge in [0, 0.05) is 22.2 Å². The minimum Gasteiger partial charge on any atom is -0.506 e. The first-order chi connectivity index (χ1) is 16.3. The van der Waals surface area contributed by atoms with E-state index in [1.54, 1.807) is 30.3 Å².